The summed E-state index contributed by atoms with van der Waals surface area (Å²) in [4.78, 5) is 25.5. The van der Waals surface area contributed by atoms with Crippen molar-refractivity contribution in [3.63, 3.8) is 0 Å². The Bertz CT molecular complexity index is 378. The fourth-order valence-electron chi connectivity index (χ4n) is 3.91. The minimum Gasteiger partial charge on any atom is -0.480 e. The predicted molar refractivity (Wildman–Crippen MR) is 81.0 cm³/mol. The number of nitrogens with zero attached hydrogens (tertiary/aromatic N) is 1. The van der Waals surface area contributed by atoms with Crippen LogP contribution in [0.4, 0.5) is 0 Å². The Morgan fingerprint density at radius 1 is 1.29 bits per heavy atom. The van der Waals surface area contributed by atoms with E-state index in [2.05, 4.69) is 12.2 Å². The molecule has 0 bridgehead atoms. The zero-order valence-corrected chi connectivity index (χ0v) is 13.1. The maximum absolute atomic E-state index is 12.9. The van der Waals surface area contributed by atoms with Gasteiger partial charge in [0.15, 0.2) is 0 Å². The molecule has 1 saturated carbocycles. The molecule has 1 amide bonds. The highest BCUT2D eigenvalue weighted by atomic mass is 16.4. The number of aliphatic carboxylic acids is 1. The lowest BCUT2D eigenvalue weighted by atomic mass is 9.81. The van der Waals surface area contributed by atoms with Gasteiger partial charge < -0.3 is 15.3 Å². The standard InChI is InChI=1S/C16H28N2O3/c1-2-16(7-3-4-8-16)15(21)18-9-5-6-13(12-18)10-17-11-14(19)20/h13,17H,2-12H2,1H3,(H,19,20). The van der Waals surface area contributed by atoms with Gasteiger partial charge >= 0.3 is 5.97 Å². The number of carbonyl (C=O) groups excluding carboxylic acids is 1. The monoisotopic (exact) mass is 296 g/mol. The van der Waals surface area contributed by atoms with Gasteiger partial charge in [0.1, 0.15) is 0 Å². The fraction of sp³-hybridized carbons (Fsp3) is 0.875. The molecule has 120 valence electrons. The molecule has 0 aromatic rings. The van der Waals surface area contributed by atoms with E-state index in [1.165, 1.54) is 12.8 Å². The first-order chi connectivity index (χ1) is 10.1. The van der Waals surface area contributed by atoms with Crippen molar-refractivity contribution in [2.24, 2.45) is 11.3 Å². The second-order valence-electron chi connectivity index (χ2n) is 6.63. The van der Waals surface area contributed by atoms with Gasteiger partial charge in [0, 0.05) is 25.0 Å². The molecule has 1 aliphatic heterocycles. The highest BCUT2D eigenvalue weighted by molar-refractivity contribution is 5.83. The highest BCUT2D eigenvalue weighted by Gasteiger charge is 2.42. The molecule has 5 nitrogen and oxygen atoms in total. The van der Waals surface area contributed by atoms with Crippen LogP contribution < -0.4 is 5.32 Å². The van der Waals surface area contributed by atoms with Crippen LogP contribution in [0.1, 0.15) is 51.9 Å². The average molecular weight is 296 g/mol. The molecule has 1 unspecified atom stereocenters. The van der Waals surface area contributed by atoms with Gasteiger partial charge in [-0.15, -0.1) is 0 Å². The zero-order chi connectivity index (χ0) is 15.3. The Morgan fingerprint density at radius 3 is 2.62 bits per heavy atom. The predicted octanol–water partition coefficient (Wildman–Crippen LogP) is 1.87. The lowest BCUT2D eigenvalue weighted by Crippen LogP contribution is -2.48. The summed E-state index contributed by atoms with van der Waals surface area (Å²) in [5, 5.41) is 11.6. The molecule has 2 N–H and O–H groups in total. The van der Waals surface area contributed by atoms with Gasteiger partial charge in [-0.3, -0.25) is 9.59 Å². The molecular weight excluding hydrogens is 268 g/mol. The van der Waals surface area contributed by atoms with Crippen molar-refractivity contribution >= 4 is 11.9 Å². The molecule has 1 aliphatic carbocycles. The molecule has 1 atom stereocenters. The van der Waals surface area contributed by atoms with Crippen molar-refractivity contribution in [3.05, 3.63) is 0 Å². The number of hydrogen-bond acceptors (Lipinski definition) is 3. The zero-order valence-electron chi connectivity index (χ0n) is 13.1. The normalized spacial score (nSPS) is 25.0. The van der Waals surface area contributed by atoms with E-state index in [4.69, 9.17) is 5.11 Å². The first kappa shape index (κ1) is 16.3. The lowest BCUT2D eigenvalue weighted by Gasteiger charge is -2.39. The number of rotatable bonds is 6. The van der Waals surface area contributed by atoms with Gasteiger partial charge in [-0.2, -0.15) is 0 Å². The maximum Gasteiger partial charge on any atom is 0.317 e. The molecule has 5 heteroatoms. The van der Waals surface area contributed by atoms with Gasteiger partial charge in [0.2, 0.25) is 5.91 Å². The van der Waals surface area contributed by atoms with Crippen LogP contribution in [-0.4, -0.2) is 48.1 Å². The Hall–Kier alpha value is -1.10. The quantitative estimate of drug-likeness (QED) is 0.785. The van der Waals surface area contributed by atoms with Crippen LogP contribution in [0.2, 0.25) is 0 Å². The molecular formula is C16H28N2O3. The van der Waals surface area contributed by atoms with Crippen LogP contribution >= 0.6 is 0 Å². The minimum absolute atomic E-state index is 0.00332. The molecule has 2 fully saturated rings. The Morgan fingerprint density at radius 2 is 2.00 bits per heavy atom. The average Bonchev–Trinajstić information content (AvgIpc) is 2.96. The molecule has 0 aromatic heterocycles. The second-order valence-corrected chi connectivity index (χ2v) is 6.63. The van der Waals surface area contributed by atoms with E-state index in [-0.39, 0.29) is 12.0 Å². The van der Waals surface area contributed by atoms with Crippen molar-refractivity contribution in [1.82, 2.24) is 10.2 Å². The van der Waals surface area contributed by atoms with E-state index >= 15 is 0 Å². The van der Waals surface area contributed by atoms with Gasteiger partial charge in [0.05, 0.1) is 6.54 Å². The first-order valence-electron chi connectivity index (χ1n) is 8.29. The van der Waals surface area contributed by atoms with E-state index in [0.717, 1.165) is 45.2 Å². The third-order valence-electron chi connectivity index (χ3n) is 5.21. The topological polar surface area (TPSA) is 69.6 Å². The number of hydrogen-bond donors (Lipinski definition) is 2. The molecule has 2 rings (SSSR count). The molecule has 0 aromatic carbocycles. The minimum atomic E-state index is -0.824. The summed E-state index contributed by atoms with van der Waals surface area (Å²) >= 11 is 0. The van der Waals surface area contributed by atoms with Crippen LogP contribution in [0.5, 0.6) is 0 Å². The summed E-state index contributed by atoms with van der Waals surface area (Å²) in [6.07, 6.45) is 7.50. The summed E-state index contributed by atoms with van der Waals surface area (Å²) in [6, 6.07) is 0. The largest absolute Gasteiger partial charge is 0.480 e. The second kappa shape index (κ2) is 7.25. The lowest BCUT2D eigenvalue weighted by molar-refractivity contribution is -0.144. The molecule has 0 spiro atoms. The first-order valence-corrected chi connectivity index (χ1v) is 8.29. The fourth-order valence-corrected chi connectivity index (χ4v) is 3.91. The molecule has 1 heterocycles. The number of amides is 1. The van der Waals surface area contributed by atoms with Crippen LogP contribution in [0.3, 0.4) is 0 Å². The van der Waals surface area contributed by atoms with Gasteiger partial charge in [-0.25, -0.2) is 0 Å². The number of carbonyl (C=O) groups is 2. The summed E-state index contributed by atoms with van der Waals surface area (Å²) in [5.41, 5.74) is -0.101. The van der Waals surface area contributed by atoms with E-state index < -0.39 is 5.97 Å². The Kier molecular flexibility index (Phi) is 5.62. The summed E-state index contributed by atoms with van der Waals surface area (Å²) in [6.45, 7) is 4.49. The van der Waals surface area contributed by atoms with E-state index in [0.29, 0.717) is 18.4 Å². The van der Waals surface area contributed by atoms with Crippen molar-refractivity contribution < 1.29 is 14.7 Å². The van der Waals surface area contributed by atoms with Crippen LogP contribution in [-0.2, 0) is 9.59 Å². The number of carboxylic acids is 1. The van der Waals surface area contributed by atoms with Crippen molar-refractivity contribution in [1.29, 1.82) is 0 Å². The third-order valence-corrected chi connectivity index (χ3v) is 5.21. The molecule has 21 heavy (non-hydrogen) atoms. The number of piperidine rings is 1. The molecule has 1 saturated heterocycles. The summed E-state index contributed by atoms with van der Waals surface area (Å²) in [7, 11) is 0. The van der Waals surface area contributed by atoms with Crippen LogP contribution in [0.15, 0.2) is 0 Å². The van der Waals surface area contributed by atoms with Crippen molar-refractivity contribution in [2.75, 3.05) is 26.2 Å². The SMILES string of the molecule is CCC1(C(=O)N2CCCC(CNCC(=O)O)C2)CCCC1. The smallest absolute Gasteiger partial charge is 0.317 e. The number of nitrogens with one attached hydrogen (secondary N) is 1. The van der Waals surface area contributed by atoms with Crippen LogP contribution in [0, 0.1) is 11.3 Å². The van der Waals surface area contributed by atoms with Crippen LogP contribution in [0.25, 0.3) is 0 Å². The molecule has 2 aliphatic rings. The number of carboxylic acid groups (broad SMARTS) is 1. The third kappa shape index (κ3) is 3.96. The summed E-state index contributed by atoms with van der Waals surface area (Å²) < 4.78 is 0. The van der Waals surface area contributed by atoms with Gasteiger partial charge in [-0.05, 0) is 38.0 Å². The van der Waals surface area contributed by atoms with Crippen molar-refractivity contribution in [3.8, 4) is 0 Å². The van der Waals surface area contributed by atoms with E-state index in [9.17, 15) is 9.59 Å². The van der Waals surface area contributed by atoms with E-state index in [1.54, 1.807) is 0 Å². The molecule has 0 radical (unpaired) electrons. The highest BCUT2D eigenvalue weighted by Crippen LogP contribution is 2.43. The Balaban J connectivity index is 1.88. The van der Waals surface area contributed by atoms with Gasteiger partial charge in [0.25, 0.3) is 0 Å². The maximum atomic E-state index is 12.9. The van der Waals surface area contributed by atoms with Gasteiger partial charge in [-0.1, -0.05) is 19.8 Å². The number of likely N-dealkylation sites (tertiary alicyclic amines) is 1. The van der Waals surface area contributed by atoms with E-state index in [1.807, 2.05) is 4.90 Å². The Labute approximate surface area is 127 Å². The van der Waals surface area contributed by atoms with Crippen molar-refractivity contribution in [2.45, 2.75) is 51.9 Å². The summed E-state index contributed by atoms with van der Waals surface area (Å²) in [5.74, 6) is -0.0857.